The van der Waals surface area contributed by atoms with Crippen molar-refractivity contribution < 1.29 is 9.53 Å². The van der Waals surface area contributed by atoms with Gasteiger partial charge in [0.15, 0.2) is 0 Å². The summed E-state index contributed by atoms with van der Waals surface area (Å²) in [7, 11) is 1.66. The first-order valence-corrected chi connectivity index (χ1v) is 8.46. The van der Waals surface area contributed by atoms with Crippen molar-refractivity contribution in [2.24, 2.45) is 5.92 Å². The summed E-state index contributed by atoms with van der Waals surface area (Å²) < 4.78 is 5.55. The van der Waals surface area contributed by atoms with Gasteiger partial charge in [-0.05, 0) is 70.7 Å². The van der Waals surface area contributed by atoms with Crippen LogP contribution in [0.2, 0.25) is 0 Å². The van der Waals surface area contributed by atoms with Crippen LogP contribution in [-0.2, 0) is 9.53 Å². The van der Waals surface area contributed by atoms with E-state index in [9.17, 15) is 4.79 Å². The first-order chi connectivity index (χ1) is 10.2. The fourth-order valence-electron chi connectivity index (χ4n) is 3.50. The molecular formula is C16H31N3O2. The number of likely N-dealkylation sites (tertiary alicyclic amines) is 1. The lowest BCUT2D eigenvalue weighted by Gasteiger charge is -2.35. The van der Waals surface area contributed by atoms with Crippen molar-refractivity contribution in [3.05, 3.63) is 0 Å². The Morgan fingerprint density at radius 2 is 2.00 bits per heavy atom. The largest absolute Gasteiger partial charge is 0.368 e. The van der Waals surface area contributed by atoms with Crippen molar-refractivity contribution in [3.8, 4) is 0 Å². The number of methoxy groups -OCH3 is 1. The van der Waals surface area contributed by atoms with E-state index in [1.54, 1.807) is 7.11 Å². The molecular weight excluding hydrogens is 266 g/mol. The Kier molecular flexibility index (Phi) is 6.45. The van der Waals surface area contributed by atoms with Crippen molar-refractivity contribution in [2.45, 2.75) is 44.6 Å². The summed E-state index contributed by atoms with van der Waals surface area (Å²) in [6.45, 7) is 8.31. The van der Waals surface area contributed by atoms with E-state index in [2.05, 4.69) is 22.5 Å². The second-order valence-corrected chi connectivity index (χ2v) is 6.37. The summed E-state index contributed by atoms with van der Waals surface area (Å²) in [5.41, 5.74) is -0.600. The van der Waals surface area contributed by atoms with Gasteiger partial charge in [0.25, 0.3) is 5.91 Å². The summed E-state index contributed by atoms with van der Waals surface area (Å²) in [6.07, 6.45) is 5.17. The highest BCUT2D eigenvalue weighted by molar-refractivity contribution is 5.85. The van der Waals surface area contributed by atoms with E-state index in [1.165, 1.54) is 25.9 Å². The smallest absolute Gasteiger partial charge is 0.252 e. The molecule has 5 nitrogen and oxygen atoms in total. The van der Waals surface area contributed by atoms with Crippen LogP contribution >= 0.6 is 0 Å². The molecule has 0 aliphatic carbocycles. The average Bonchev–Trinajstić information content (AvgIpc) is 2.56. The van der Waals surface area contributed by atoms with Crippen LogP contribution in [0.5, 0.6) is 0 Å². The molecule has 0 spiro atoms. The van der Waals surface area contributed by atoms with E-state index in [0.717, 1.165) is 51.4 Å². The number of carbonyl (C=O) groups excluding carboxylic acids is 1. The minimum absolute atomic E-state index is 0.0810. The Labute approximate surface area is 128 Å². The topological polar surface area (TPSA) is 53.6 Å². The third kappa shape index (κ3) is 4.41. The molecule has 1 amide bonds. The molecule has 0 bridgehead atoms. The third-order valence-electron chi connectivity index (χ3n) is 5.21. The van der Waals surface area contributed by atoms with Crippen LogP contribution in [0.15, 0.2) is 0 Å². The number of amides is 1. The summed E-state index contributed by atoms with van der Waals surface area (Å²) in [5.74, 6) is 0.845. The van der Waals surface area contributed by atoms with Crippen LogP contribution < -0.4 is 10.6 Å². The lowest BCUT2D eigenvalue weighted by Crippen LogP contribution is -2.54. The third-order valence-corrected chi connectivity index (χ3v) is 5.21. The second-order valence-electron chi connectivity index (χ2n) is 6.37. The van der Waals surface area contributed by atoms with E-state index < -0.39 is 5.60 Å². The zero-order valence-corrected chi connectivity index (χ0v) is 13.6. The normalized spacial score (nSPS) is 23.9. The standard InChI is InChI=1S/C16H31N3O2/c1-3-19-12-5-14(6-13-19)4-9-18-15(20)16(21-2)7-10-17-11-8-16/h14,17H,3-13H2,1-2H3,(H,18,20). The quantitative estimate of drug-likeness (QED) is 0.768. The minimum Gasteiger partial charge on any atom is -0.368 e. The van der Waals surface area contributed by atoms with Crippen LogP contribution in [0.3, 0.4) is 0 Å². The predicted octanol–water partition coefficient (Wildman–Crippen LogP) is 0.993. The molecule has 0 radical (unpaired) electrons. The first-order valence-electron chi connectivity index (χ1n) is 8.46. The number of ether oxygens (including phenoxy) is 1. The molecule has 2 heterocycles. The van der Waals surface area contributed by atoms with E-state index in [1.807, 2.05) is 0 Å². The van der Waals surface area contributed by atoms with Gasteiger partial charge in [0, 0.05) is 13.7 Å². The molecule has 2 aliphatic heterocycles. The highest BCUT2D eigenvalue weighted by atomic mass is 16.5. The highest BCUT2D eigenvalue weighted by Gasteiger charge is 2.39. The number of nitrogens with one attached hydrogen (secondary N) is 2. The Morgan fingerprint density at radius 1 is 1.33 bits per heavy atom. The number of rotatable bonds is 6. The highest BCUT2D eigenvalue weighted by Crippen LogP contribution is 2.23. The Hall–Kier alpha value is -0.650. The van der Waals surface area contributed by atoms with Gasteiger partial charge in [-0.2, -0.15) is 0 Å². The molecule has 21 heavy (non-hydrogen) atoms. The average molecular weight is 297 g/mol. The maximum atomic E-state index is 12.4. The molecule has 0 aromatic heterocycles. The molecule has 2 fully saturated rings. The number of piperidine rings is 2. The van der Waals surface area contributed by atoms with Crippen molar-refractivity contribution >= 4 is 5.91 Å². The van der Waals surface area contributed by atoms with Gasteiger partial charge >= 0.3 is 0 Å². The minimum atomic E-state index is -0.600. The number of hydrogen-bond acceptors (Lipinski definition) is 4. The Morgan fingerprint density at radius 3 is 2.57 bits per heavy atom. The zero-order chi connectivity index (χ0) is 15.1. The Balaban J connectivity index is 1.69. The maximum Gasteiger partial charge on any atom is 0.252 e. The van der Waals surface area contributed by atoms with Gasteiger partial charge in [0.2, 0.25) is 0 Å². The fourth-order valence-corrected chi connectivity index (χ4v) is 3.50. The molecule has 0 atom stereocenters. The van der Waals surface area contributed by atoms with Gasteiger partial charge in [-0.15, -0.1) is 0 Å². The van der Waals surface area contributed by atoms with Crippen molar-refractivity contribution in [2.75, 3.05) is 46.4 Å². The van der Waals surface area contributed by atoms with Crippen LogP contribution in [0, 0.1) is 5.92 Å². The predicted molar refractivity (Wildman–Crippen MR) is 84.3 cm³/mol. The summed E-state index contributed by atoms with van der Waals surface area (Å²) in [5, 5.41) is 6.39. The molecule has 2 N–H and O–H groups in total. The summed E-state index contributed by atoms with van der Waals surface area (Å²) >= 11 is 0. The number of carbonyl (C=O) groups is 1. The second kappa shape index (κ2) is 8.11. The van der Waals surface area contributed by atoms with Crippen molar-refractivity contribution in [1.29, 1.82) is 0 Å². The van der Waals surface area contributed by atoms with E-state index in [4.69, 9.17) is 4.74 Å². The maximum absolute atomic E-state index is 12.4. The molecule has 122 valence electrons. The molecule has 0 saturated carbocycles. The van der Waals surface area contributed by atoms with Crippen LogP contribution in [0.4, 0.5) is 0 Å². The van der Waals surface area contributed by atoms with E-state index in [-0.39, 0.29) is 5.91 Å². The van der Waals surface area contributed by atoms with Crippen molar-refractivity contribution in [3.63, 3.8) is 0 Å². The molecule has 5 heteroatoms. The van der Waals surface area contributed by atoms with Gasteiger partial charge in [-0.25, -0.2) is 0 Å². The van der Waals surface area contributed by atoms with E-state index in [0.29, 0.717) is 0 Å². The van der Waals surface area contributed by atoms with Crippen LogP contribution in [0.25, 0.3) is 0 Å². The van der Waals surface area contributed by atoms with E-state index >= 15 is 0 Å². The SMILES string of the molecule is CCN1CCC(CCNC(=O)C2(OC)CCNCC2)CC1. The molecule has 0 aromatic carbocycles. The number of hydrogen-bond donors (Lipinski definition) is 2. The van der Waals surface area contributed by atoms with Gasteiger partial charge in [0.05, 0.1) is 0 Å². The molecule has 0 unspecified atom stereocenters. The zero-order valence-electron chi connectivity index (χ0n) is 13.6. The van der Waals surface area contributed by atoms with Gasteiger partial charge in [0.1, 0.15) is 5.60 Å². The van der Waals surface area contributed by atoms with Gasteiger partial charge in [-0.3, -0.25) is 4.79 Å². The molecule has 0 aromatic rings. The van der Waals surface area contributed by atoms with Crippen LogP contribution in [0.1, 0.15) is 39.0 Å². The summed E-state index contributed by atoms with van der Waals surface area (Å²) in [6, 6.07) is 0. The lowest BCUT2D eigenvalue weighted by molar-refractivity contribution is -0.146. The molecule has 2 saturated heterocycles. The van der Waals surface area contributed by atoms with Crippen LogP contribution in [-0.4, -0.2) is 62.8 Å². The fraction of sp³-hybridized carbons (Fsp3) is 0.938. The molecule has 2 rings (SSSR count). The number of nitrogens with zero attached hydrogens (tertiary/aromatic N) is 1. The Bertz CT molecular complexity index is 321. The monoisotopic (exact) mass is 297 g/mol. The van der Waals surface area contributed by atoms with Gasteiger partial charge < -0.3 is 20.3 Å². The van der Waals surface area contributed by atoms with Crippen molar-refractivity contribution in [1.82, 2.24) is 15.5 Å². The first kappa shape index (κ1) is 16.7. The summed E-state index contributed by atoms with van der Waals surface area (Å²) in [4.78, 5) is 14.9. The van der Waals surface area contributed by atoms with Gasteiger partial charge in [-0.1, -0.05) is 6.92 Å². The lowest BCUT2D eigenvalue weighted by atomic mass is 9.90. The molecule has 2 aliphatic rings.